The molecular formula is C17H18N3O4S-. The smallest absolute Gasteiger partial charge is 0.278 e. The highest BCUT2D eigenvalue weighted by Gasteiger charge is 2.12. The lowest BCUT2D eigenvalue weighted by Gasteiger charge is -2.07. The van der Waals surface area contributed by atoms with E-state index < -0.39 is 5.97 Å². The van der Waals surface area contributed by atoms with Crippen LogP contribution in [-0.2, 0) is 11.3 Å². The number of carboxylic acid groups (broad SMARTS) is 1. The first-order chi connectivity index (χ1) is 12.0. The maximum Gasteiger partial charge on any atom is 0.278 e. The number of carbonyl (C=O) groups excluding carboxylic acids is 1. The number of hydrogen-bond donors (Lipinski definition) is 2. The number of hydrogen-bond acceptors (Lipinski definition) is 5. The van der Waals surface area contributed by atoms with Crippen LogP contribution in [0.1, 0.15) is 25.7 Å². The number of carbonyl (C=O) groups is 1. The molecule has 0 saturated heterocycles. The Balaban J connectivity index is 1.93. The first kappa shape index (κ1) is 17.2. The van der Waals surface area contributed by atoms with Crippen molar-refractivity contribution in [3.8, 4) is 5.75 Å². The Bertz CT molecular complexity index is 1050. The summed E-state index contributed by atoms with van der Waals surface area (Å²) in [7, 11) is 1.59. The zero-order valence-corrected chi connectivity index (χ0v) is 14.6. The Hall–Kier alpha value is -2.61. The van der Waals surface area contributed by atoms with Gasteiger partial charge in [0.1, 0.15) is 11.3 Å². The number of unbranched alkanes of at least 4 members (excludes halogenated alkanes) is 2. The van der Waals surface area contributed by atoms with Gasteiger partial charge in [0.15, 0.2) is 4.77 Å². The molecule has 0 aliphatic heterocycles. The van der Waals surface area contributed by atoms with Crippen molar-refractivity contribution >= 4 is 40.1 Å². The molecule has 0 unspecified atom stereocenters. The molecule has 0 aliphatic rings. The molecule has 1 aromatic carbocycles. The van der Waals surface area contributed by atoms with Gasteiger partial charge in [0.2, 0.25) is 0 Å². The number of benzene rings is 1. The molecule has 8 heteroatoms. The number of aromatic nitrogens is 3. The highest BCUT2D eigenvalue weighted by atomic mass is 32.1. The zero-order valence-electron chi connectivity index (χ0n) is 13.8. The fourth-order valence-corrected chi connectivity index (χ4v) is 3.19. The third-order valence-corrected chi connectivity index (χ3v) is 4.53. The van der Waals surface area contributed by atoms with E-state index in [0.717, 1.165) is 10.9 Å². The Morgan fingerprint density at radius 1 is 1.24 bits per heavy atom. The maximum atomic E-state index is 12.8. The van der Waals surface area contributed by atoms with E-state index in [1.807, 2.05) is 18.2 Å². The SMILES string of the molecule is COc1ccc2[nH]c3c(=O)n(CCCCCC(=O)[O-])c(=S)[nH]c3c2c1. The number of methoxy groups -OCH3 is 1. The van der Waals surface area contributed by atoms with Crippen LogP contribution in [0.3, 0.4) is 0 Å². The summed E-state index contributed by atoms with van der Waals surface area (Å²) < 4.78 is 7.09. The summed E-state index contributed by atoms with van der Waals surface area (Å²) in [5.41, 5.74) is 1.77. The molecule has 0 bridgehead atoms. The van der Waals surface area contributed by atoms with Crippen molar-refractivity contribution in [2.24, 2.45) is 0 Å². The van der Waals surface area contributed by atoms with Gasteiger partial charge in [0.25, 0.3) is 5.56 Å². The lowest BCUT2D eigenvalue weighted by Crippen LogP contribution is -2.23. The quantitative estimate of drug-likeness (QED) is 0.494. The second-order valence-electron chi connectivity index (χ2n) is 5.86. The summed E-state index contributed by atoms with van der Waals surface area (Å²) in [6, 6.07) is 5.53. The van der Waals surface area contributed by atoms with Gasteiger partial charge in [0.05, 0.1) is 12.6 Å². The number of nitrogens with one attached hydrogen (secondary N) is 2. The summed E-state index contributed by atoms with van der Waals surface area (Å²) >= 11 is 5.33. The monoisotopic (exact) mass is 360 g/mol. The van der Waals surface area contributed by atoms with Crippen LogP contribution in [0.25, 0.3) is 21.9 Å². The molecule has 2 heterocycles. The van der Waals surface area contributed by atoms with Crippen molar-refractivity contribution in [2.45, 2.75) is 32.2 Å². The molecule has 0 saturated carbocycles. The maximum absolute atomic E-state index is 12.8. The number of fused-ring (bicyclic) bond motifs is 3. The number of aromatic amines is 2. The minimum absolute atomic E-state index is 0.0324. The van der Waals surface area contributed by atoms with E-state index in [0.29, 0.717) is 47.4 Å². The van der Waals surface area contributed by atoms with E-state index in [2.05, 4.69) is 9.97 Å². The van der Waals surface area contributed by atoms with Crippen LogP contribution in [0.2, 0.25) is 0 Å². The van der Waals surface area contributed by atoms with Gasteiger partial charge in [-0.2, -0.15) is 0 Å². The van der Waals surface area contributed by atoms with Crippen molar-refractivity contribution in [3.05, 3.63) is 33.3 Å². The van der Waals surface area contributed by atoms with E-state index in [4.69, 9.17) is 17.0 Å². The van der Waals surface area contributed by atoms with E-state index in [1.54, 1.807) is 7.11 Å². The first-order valence-corrected chi connectivity index (χ1v) is 8.44. The molecule has 3 rings (SSSR count). The standard InChI is InChI=1S/C17H19N3O4S/c1-24-10-6-7-12-11(9-10)14-15(18-12)16(23)20(17(25)19-14)8-4-2-3-5-13(21)22/h6-7,9,18H,2-5,8H2,1H3,(H,19,25)(H,21,22)/p-1. The van der Waals surface area contributed by atoms with Crippen LogP contribution < -0.4 is 15.4 Å². The van der Waals surface area contributed by atoms with Crippen LogP contribution in [0, 0.1) is 4.77 Å². The number of nitrogens with zero attached hydrogens (tertiary/aromatic N) is 1. The third-order valence-electron chi connectivity index (χ3n) is 4.20. The summed E-state index contributed by atoms with van der Waals surface area (Å²) in [5.74, 6) is -0.353. The van der Waals surface area contributed by atoms with Crippen molar-refractivity contribution in [1.82, 2.24) is 14.5 Å². The minimum Gasteiger partial charge on any atom is -0.550 e. The molecule has 25 heavy (non-hydrogen) atoms. The van der Waals surface area contributed by atoms with Crippen LogP contribution in [0.4, 0.5) is 0 Å². The average molecular weight is 360 g/mol. The Morgan fingerprint density at radius 2 is 2.04 bits per heavy atom. The molecule has 2 aromatic heterocycles. The van der Waals surface area contributed by atoms with Gasteiger partial charge in [0, 0.05) is 23.4 Å². The lowest BCUT2D eigenvalue weighted by atomic mass is 10.2. The molecule has 0 fully saturated rings. The van der Waals surface area contributed by atoms with Crippen molar-refractivity contribution in [1.29, 1.82) is 0 Å². The van der Waals surface area contributed by atoms with Crippen LogP contribution in [0.15, 0.2) is 23.0 Å². The largest absolute Gasteiger partial charge is 0.550 e. The van der Waals surface area contributed by atoms with Crippen molar-refractivity contribution < 1.29 is 14.6 Å². The third kappa shape index (κ3) is 3.43. The number of ether oxygens (including phenoxy) is 1. The molecule has 0 aliphatic carbocycles. The lowest BCUT2D eigenvalue weighted by molar-refractivity contribution is -0.305. The average Bonchev–Trinajstić information content (AvgIpc) is 2.94. The zero-order chi connectivity index (χ0) is 18.0. The Kier molecular flexibility index (Phi) is 4.89. The number of H-pyrrole nitrogens is 2. The molecule has 0 atom stereocenters. The molecule has 0 radical (unpaired) electrons. The molecule has 3 aromatic rings. The predicted octanol–water partition coefficient (Wildman–Crippen LogP) is 1.86. The first-order valence-electron chi connectivity index (χ1n) is 8.03. The number of aliphatic carboxylic acids is 1. The summed E-state index contributed by atoms with van der Waals surface area (Å²) in [4.78, 5) is 29.4. The second-order valence-corrected chi connectivity index (χ2v) is 6.24. The molecule has 2 N–H and O–H groups in total. The van der Waals surface area contributed by atoms with Gasteiger partial charge in [-0.15, -0.1) is 0 Å². The van der Waals surface area contributed by atoms with Gasteiger partial charge < -0.3 is 24.6 Å². The van der Waals surface area contributed by atoms with Gasteiger partial charge in [-0.25, -0.2) is 0 Å². The van der Waals surface area contributed by atoms with Crippen molar-refractivity contribution in [2.75, 3.05) is 7.11 Å². The Morgan fingerprint density at radius 3 is 2.76 bits per heavy atom. The predicted molar refractivity (Wildman–Crippen MR) is 95.3 cm³/mol. The highest BCUT2D eigenvalue weighted by Crippen LogP contribution is 2.25. The highest BCUT2D eigenvalue weighted by molar-refractivity contribution is 7.71. The second kappa shape index (κ2) is 7.10. The molecule has 132 valence electrons. The molecule has 0 spiro atoms. The number of carboxylic acids is 1. The van der Waals surface area contributed by atoms with E-state index >= 15 is 0 Å². The molecular weight excluding hydrogens is 342 g/mol. The van der Waals surface area contributed by atoms with Crippen LogP contribution in [0.5, 0.6) is 5.75 Å². The van der Waals surface area contributed by atoms with Gasteiger partial charge in [-0.1, -0.05) is 6.42 Å². The summed E-state index contributed by atoms with van der Waals surface area (Å²) in [6.07, 6.45) is 1.92. The molecule has 0 amide bonds. The van der Waals surface area contributed by atoms with E-state index in [-0.39, 0.29) is 12.0 Å². The summed E-state index contributed by atoms with van der Waals surface area (Å²) in [6.45, 7) is 0.440. The van der Waals surface area contributed by atoms with Gasteiger partial charge in [-0.05, 0) is 49.7 Å². The summed E-state index contributed by atoms with van der Waals surface area (Å²) in [5, 5.41) is 11.3. The normalized spacial score (nSPS) is 11.2. The van der Waals surface area contributed by atoms with Crippen molar-refractivity contribution in [3.63, 3.8) is 0 Å². The van der Waals surface area contributed by atoms with Gasteiger partial charge in [-0.3, -0.25) is 9.36 Å². The Labute approximate surface area is 148 Å². The van der Waals surface area contributed by atoms with E-state index in [1.165, 1.54) is 4.57 Å². The minimum atomic E-state index is -1.05. The number of rotatable bonds is 7. The van der Waals surface area contributed by atoms with Crippen LogP contribution >= 0.6 is 12.2 Å². The molecule has 7 nitrogen and oxygen atoms in total. The van der Waals surface area contributed by atoms with E-state index in [9.17, 15) is 14.7 Å². The van der Waals surface area contributed by atoms with Gasteiger partial charge >= 0.3 is 0 Å². The fraction of sp³-hybridized carbons (Fsp3) is 0.353. The fourth-order valence-electron chi connectivity index (χ4n) is 2.91. The van der Waals surface area contributed by atoms with Crippen LogP contribution in [-0.4, -0.2) is 27.6 Å². The topological polar surface area (TPSA) is 103 Å².